The number of hydrogen-bond acceptors (Lipinski definition) is 7. The van der Waals surface area contributed by atoms with E-state index in [0.717, 1.165) is 30.0 Å². The van der Waals surface area contributed by atoms with Crippen LogP contribution in [0, 0.1) is 0 Å². The third-order valence-corrected chi connectivity index (χ3v) is 3.51. The van der Waals surface area contributed by atoms with Gasteiger partial charge in [-0.15, -0.1) is 0 Å². The molecule has 7 nitrogen and oxygen atoms in total. The SMILES string of the molecule is Nc1nc(COC(=O)c2ccc(C(F)(F)F)cc2)nc(Nc2ccccc2)n1. The van der Waals surface area contributed by atoms with E-state index >= 15 is 0 Å². The number of rotatable bonds is 5. The molecule has 0 amide bonds. The van der Waals surface area contributed by atoms with Gasteiger partial charge in [-0.2, -0.15) is 28.1 Å². The highest BCUT2D eigenvalue weighted by atomic mass is 19.4. The number of hydrogen-bond donors (Lipinski definition) is 2. The van der Waals surface area contributed by atoms with Crippen LogP contribution in [0.1, 0.15) is 21.7 Å². The Labute approximate surface area is 157 Å². The van der Waals surface area contributed by atoms with Crippen molar-refractivity contribution in [2.75, 3.05) is 11.1 Å². The number of benzene rings is 2. The Morgan fingerprint density at radius 1 is 1.00 bits per heavy atom. The third-order valence-electron chi connectivity index (χ3n) is 3.51. The zero-order valence-corrected chi connectivity index (χ0v) is 14.3. The summed E-state index contributed by atoms with van der Waals surface area (Å²) in [6, 6.07) is 12.8. The van der Waals surface area contributed by atoms with Gasteiger partial charge in [0.15, 0.2) is 12.4 Å². The number of nitrogens with two attached hydrogens (primary N) is 1. The molecular weight excluding hydrogens is 375 g/mol. The number of aromatic nitrogens is 3. The van der Waals surface area contributed by atoms with E-state index in [1.165, 1.54) is 0 Å². The lowest BCUT2D eigenvalue weighted by Crippen LogP contribution is -2.11. The summed E-state index contributed by atoms with van der Waals surface area (Å²) in [7, 11) is 0. The summed E-state index contributed by atoms with van der Waals surface area (Å²) in [6.45, 7) is -0.323. The molecule has 144 valence electrons. The van der Waals surface area contributed by atoms with Gasteiger partial charge in [-0.05, 0) is 36.4 Å². The first-order valence-electron chi connectivity index (χ1n) is 7.98. The van der Waals surface area contributed by atoms with Crippen LogP contribution < -0.4 is 11.1 Å². The number of anilines is 3. The predicted molar refractivity (Wildman–Crippen MR) is 94.5 cm³/mol. The summed E-state index contributed by atoms with van der Waals surface area (Å²) in [6.07, 6.45) is -4.48. The van der Waals surface area contributed by atoms with Crippen LogP contribution in [0.2, 0.25) is 0 Å². The average Bonchev–Trinajstić information content (AvgIpc) is 2.66. The van der Waals surface area contributed by atoms with Crippen molar-refractivity contribution in [1.29, 1.82) is 0 Å². The van der Waals surface area contributed by atoms with E-state index in [2.05, 4.69) is 20.3 Å². The second-order valence-corrected chi connectivity index (χ2v) is 5.58. The summed E-state index contributed by atoms with van der Waals surface area (Å²) >= 11 is 0. The first-order valence-corrected chi connectivity index (χ1v) is 7.98. The zero-order chi connectivity index (χ0) is 20.1. The fourth-order valence-corrected chi connectivity index (χ4v) is 2.22. The lowest BCUT2D eigenvalue weighted by atomic mass is 10.1. The molecule has 1 aromatic heterocycles. The van der Waals surface area contributed by atoms with E-state index in [1.807, 2.05) is 18.2 Å². The van der Waals surface area contributed by atoms with Crippen molar-refractivity contribution < 1.29 is 22.7 Å². The molecule has 0 aliphatic heterocycles. The Hall–Kier alpha value is -3.69. The fraction of sp³-hybridized carbons (Fsp3) is 0.111. The van der Waals surface area contributed by atoms with E-state index in [9.17, 15) is 18.0 Å². The number of carbonyl (C=O) groups excluding carboxylic acids is 1. The van der Waals surface area contributed by atoms with Crippen LogP contribution in [-0.4, -0.2) is 20.9 Å². The fourth-order valence-electron chi connectivity index (χ4n) is 2.22. The van der Waals surface area contributed by atoms with E-state index in [0.29, 0.717) is 0 Å². The maximum atomic E-state index is 12.6. The molecule has 3 rings (SSSR count). The van der Waals surface area contributed by atoms with Crippen molar-refractivity contribution in [3.63, 3.8) is 0 Å². The van der Waals surface area contributed by atoms with Crippen molar-refractivity contribution in [3.8, 4) is 0 Å². The maximum absolute atomic E-state index is 12.6. The minimum absolute atomic E-state index is 0.0299. The average molecular weight is 389 g/mol. The number of para-hydroxylation sites is 1. The molecule has 0 saturated carbocycles. The Kier molecular flexibility index (Phi) is 5.39. The largest absolute Gasteiger partial charge is 0.454 e. The Morgan fingerprint density at radius 2 is 1.68 bits per heavy atom. The normalized spacial score (nSPS) is 11.1. The number of nitrogens with one attached hydrogen (secondary N) is 1. The molecule has 0 fully saturated rings. The van der Waals surface area contributed by atoms with Crippen LogP contribution in [0.25, 0.3) is 0 Å². The van der Waals surface area contributed by atoms with Gasteiger partial charge in [-0.3, -0.25) is 0 Å². The van der Waals surface area contributed by atoms with Crippen LogP contribution in [0.3, 0.4) is 0 Å². The van der Waals surface area contributed by atoms with Gasteiger partial charge in [0, 0.05) is 5.69 Å². The van der Waals surface area contributed by atoms with Crippen LogP contribution in [0.4, 0.5) is 30.8 Å². The van der Waals surface area contributed by atoms with E-state index < -0.39 is 17.7 Å². The molecule has 0 atom stereocenters. The number of nitrogen functional groups attached to an aromatic ring is 1. The van der Waals surface area contributed by atoms with E-state index in [4.69, 9.17) is 10.5 Å². The third kappa shape index (κ3) is 4.93. The summed E-state index contributed by atoms with van der Waals surface area (Å²) in [5.41, 5.74) is 5.48. The molecule has 0 saturated heterocycles. The van der Waals surface area contributed by atoms with Crippen LogP contribution in [0.15, 0.2) is 54.6 Å². The molecule has 0 bridgehead atoms. The Bertz CT molecular complexity index is 963. The van der Waals surface area contributed by atoms with Gasteiger partial charge < -0.3 is 15.8 Å². The molecule has 10 heteroatoms. The molecule has 28 heavy (non-hydrogen) atoms. The highest BCUT2D eigenvalue weighted by Crippen LogP contribution is 2.29. The van der Waals surface area contributed by atoms with Crippen molar-refractivity contribution in [2.24, 2.45) is 0 Å². The Balaban J connectivity index is 1.66. The summed E-state index contributed by atoms with van der Waals surface area (Å²) in [4.78, 5) is 23.9. The smallest absolute Gasteiger partial charge is 0.416 e. The molecule has 0 aliphatic rings. The van der Waals surface area contributed by atoms with Gasteiger partial charge in [-0.25, -0.2) is 4.79 Å². The monoisotopic (exact) mass is 389 g/mol. The minimum atomic E-state index is -4.48. The lowest BCUT2D eigenvalue weighted by Gasteiger charge is -2.09. The van der Waals surface area contributed by atoms with Gasteiger partial charge in [0.1, 0.15) is 0 Å². The number of ether oxygens (including phenoxy) is 1. The standard InChI is InChI=1S/C18H14F3N5O2/c19-18(20,21)12-8-6-11(7-9-12)15(27)28-10-14-24-16(22)26-17(25-14)23-13-4-2-1-3-5-13/h1-9H,10H2,(H3,22,23,24,25,26). The Morgan fingerprint density at radius 3 is 2.32 bits per heavy atom. The topological polar surface area (TPSA) is 103 Å². The number of alkyl halides is 3. The van der Waals surface area contributed by atoms with Gasteiger partial charge in [0.05, 0.1) is 11.1 Å². The zero-order valence-electron chi connectivity index (χ0n) is 14.3. The van der Waals surface area contributed by atoms with Gasteiger partial charge in [0.25, 0.3) is 0 Å². The summed E-state index contributed by atoms with van der Waals surface area (Å²) < 4.78 is 42.7. The molecule has 3 N–H and O–H groups in total. The maximum Gasteiger partial charge on any atom is 0.416 e. The number of esters is 1. The number of nitrogens with zero attached hydrogens (tertiary/aromatic N) is 3. The number of carbonyl (C=O) groups is 1. The van der Waals surface area contributed by atoms with Crippen molar-refractivity contribution >= 4 is 23.6 Å². The quantitative estimate of drug-likeness (QED) is 0.643. The van der Waals surface area contributed by atoms with Crippen LogP contribution in [-0.2, 0) is 17.5 Å². The first kappa shape index (κ1) is 19.1. The minimum Gasteiger partial charge on any atom is -0.454 e. The highest BCUT2D eigenvalue weighted by Gasteiger charge is 2.30. The van der Waals surface area contributed by atoms with E-state index in [1.54, 1.807) is 12.1 Å². The summed E-state index contributed by atoms with van der Waals surface area (Å²) in [5, 5.41) is 2.94. The lowest BCUT2D eigenvalue weighted by molar-refractivity contribution is -0.137. The number of halogens is 3. The first-order chi connectivity index (χ1) is 13.3. The molecule has 3 aromatic rings. The van der Waals surface area contributed by atoms with Gasteiger partial charge >= 0.3 is 12.1 Å². The predicted octanol–water partition coefficient (Wildman–Crippen LogP) is 3.57. The second-order valence-electron chi connectivity index (χ2n) is 5.58. The van der Waals surface area contributed by atoms with Crippen molar-refractivity contribution in [2.45, 2.75) is 12.8 Å². The molecule has 2 aromatic carbocycles. The van der Waals surface area contributed by atoms with Gasteiger partial charge in [0.2, 0.25) is 11.9 Å². The van der Waals surface area contributed by atoms with Crippen molar-refractivity contribution in [3.05, 3.63) is 71.5 Å². The molecular formula is C18H14F3N5O2. The molecule has 0 radical (unpaired) electrons. The highest BCUT2D eigenvalue weighted by molar-refractivity contribution is 5.89. The molecule has 0 unspecified atom stereocenters. The second kappa shape index (κ2) is 7.91. The molecule has 1 heterocycles. The van der Waals surface area contributed by atoms with Crippen LogP contribution >= 0.6 is 0 Å². The van der Waals surface area contributed by atoms with Gasteiger partial charge in [-0.1, -0.05) is 18.2 Å². The molecule has 0 spiro atoms. The summed E-state index contributed by atoms with van der Waals surface area (Å²) in [5.74, 6) is -0.634. The molecule has 0 aliphatic carbocycles. The van der Waals surface area contributed by atoms with Crippen LogP contribution in [0.5, 0.6) is 0 Å². The van der Waals surface area contributed by atoms with E-state index in [-0.39, 0.29) is 29.9 Å². The van der Waals surface area contributed by atoms with Crippen molar-refractivity contribution in [1.82, 2.24) is 15.0 Å².